The average molecular weight is 509 g/mol. The smallest absolute Gasteiger partial charge is 0.323 e. The molecule has 1 N–H and O–H groups in total. The number of rotatable bonds is 8. The number of piperidine rings is 1. The number of amides is 1. The molecular formula is C31H32N4O3. The number of hydrogen-bond acceptors (Lipinski definition) is 4. The van der Waals surface area contributed by atoms with Crippen molar-refractivity contribution in [1.29, 1.82) is 0 Å². The summed E-state index contributed by atoms with van der Waals surface area (Å²) in [4.78, 5) is 35.2. The number of anilines is 1. The SMILES string of the molecule is [C-]#[N+]C(CCN1CCC2(CC1)C(=O)N(CC(=O)O)CN2c1ccccc1)(c1ccccc1)c1ccccc1. The second-order valence-electron chi connectivity index (χ2n) is 10.1. The van der Waals surface area contributed by atoms with E-state index in [1.807, 2.05) is 91.0 Å². The van der Waals surface area contributed by atoms with Crippen LogP contribution in [0.5, 0.6) is 0 Å². The number of benzene rings is 3. The molecule has 2 aliphatic rings. The molecule has 2 heterocycles. The summed E-state index contributed by atoms with van der Waals surface area (Å²) in [6.07, 6.45) is 1.86. The van der Waals surface area contributed by atoms with E-state index < -0.39 is 17.0 Å². The zero-order chi connectivity index (χ0) is 26.6. The van der Waals surface area contributed by atoms with Gasteiger partial charge < -0.3 is 19.8 Å². The lowest BCUT2D eigenvalue weighted by molar-refractivity contribution is -0.144. The summed E-state index contributed by atoms with van der Waals surface area (Å²) in [5, 5.41) is 9.39. The van der Waals surface area contributed by atoms with Crippen LogP contribution < -0.4 is 4.90 Å². The van der Waals surface area contributed by atoms with Gasteiger partial charge in [-0.1, -0.05) is 78.9 Å². The molecule has 0 unspecified atom stereocenters. The number of hydrogen-bond donors (Lipinski definition) is 1. The summed E-state index contributed by atoms with van der Waals surface area (Å²) in [6, 6.07) is 29.8. The van der Waals surface area contributed by atoms with Crippen LogP contribution in [-0.2, 0) is 15.1 Å². The third-order valence-electron chi connectivity index (χ3n) is 8.07. The van der Waals surface area contributed by atoms with Crippen molar-refractivity contribution in [3.05, 3.63) is 114 Å². The summed E-state index contributed by atoms with van der Waals surface area (Å²) >= 11 is 0. The number of carbonyl (C=O) groups excluding carboxylic acids is 1. The van der Waals surface area contributed by atoms with Gasteiger partial charge in [0.2, 0.25) is 0 Å². The van der Waals surface area contributed by atoms with E-state index in [4.69, 9.17) is 6.57 Å². The summed E-state index contributed by atoms with van der Waals surface area (Å²) in [5.41, 5.74) is 1.38. The lowest BCUT2D eigenvalue weighted by Gasteiger charge is -2.43. The lowest BCUT2D eigenvalue weighted by Crippen LogP contribution is -2.57. The van der Waals surface area contributed by atoms with E-state index in [0.29, 0.717) is 32.4 Å². The van der Waals surface area contributed by atoms with Crippen molar-refractivity contribution in [2.24, 2.45) is 0 Å². The first kappa shape index (κ1) is 25.5. The maximum Gasteiger partial charge on any atom is 0.323 e. The molecule has 1 amide bonds. The zero-order valence-corrected chi connectivity index (χ0v) is 21.4. The minimum Gasteiger partial charge on any atom is -0.480 e. The highest BCUT2D eigenvalue weighted by Gasteiger charge is 2.54. The summed E-state index contributed by atoms with van der Waals surface area (Å²) in [6.45, 7) is 10.4. The molecule has 1 spiro atoms. The Morgan fingerprint density at radius 1 is 0.895 bits per heavy atom. The highest BCUT2D eigenvalue weighted by molar-refractivity contribution is 5.95. The van der Waals surface area contributed by atoms with Crippen LogP contribution in [0.3, 0.4) is 0 Å². The Morgan fingerprint density at radius 3 is 1.92 bits per heavy atom. The molecule has 2 fully saturated rings. The molecular weight excluding hydrogens is 476 g/mol. The normalized spacial score (nSPS) is 17.5. The first-order chi connectivity index (χ1) is 18.5. The van der Waals surface area contributed by atoms with E-state index in [0.717, 1.165) is 23.4 Å². The van der Waals surface area contributed by atoms with Crippen molar-refractivity contribution >= 4 is 17.6 Å². The number of carboxylic acids is 1. The van der Waals surface area contributed by atoms with Crippen LogP contribution >= 0.6 is 0 Å². The van der Waals surface area contributed by atoms with Crippen molar-refractivity contribution < 1.29 is 14.7 Å². The van der Waals surface area contributed by atoms with Crippen LogP contribution in [-0.4, -0.2) is 65.2 Å². The van der Waals surface area contributed by atoms with E-state index in [2.05, 4.69) is 14.6 Å². The Bertz CT molecular complexity index is 1260. The maximum absolute atomic E-state index is 13.6. The van der Waals surface area contributed by atoms with Crippen LogP contribution in [0, 0.1) is 6.57 Å². The highest BCUT2D eigenvalue weighted by Crippen LogP contribution is 2.41. The summed E-state index contributed by atoms with van der Waals surface area (Å²) in [7, 11) is 0. The second kappa shape index (κ2) is 10.7. The topological polar surface area (TPSA) is 68.5 Å². The van der Waals surface area contributed by atoms with E-state index in [9.17, 15) is 14.7 Å². The molecule has 3 aromatic carbocycles. The van der Waals surface area contributed by atoms with Crippen LogP contribution in [0.25, 0.3) is 4.85 Å². The van der Waals surface area contributed by atoms with Crippen molar-refractivity contribution in [3.63, 3.8) is 0 Å². The van der Waals surface area contributed by atoms with Gasteiger partial charge in [-0.2, -0.15) is 0 Å². The fourth-order valence-corrected chi connectivity index (χ4v) is 6.02. The van der Waals surface area contributed by atoms with Crippen molar-refractivity contribution in [3.8, 4) is 0 Å². The predicted molar refractivity (Wildman–Crippen MR) is 146 cm³/mol. The second-order valence-corrected chi connectivity index (χ2v) is 10.1. The molecule has 38 heavy (non-hydrogen) atoms. The van der Waals surface area contributed by atoms with Gasteiger partial charge in [-0.05, 0) is 25.0 Å². The average Bonchev–Trinajstić information content (AvgIpc) is 3.22. The van der Waals surface area contributed by atoms with Crippen LogP contribution in [0.15, 0.2) is 91.0 Å². The summed E-state index contributed by atoms with van der Waals surface area (Å²) < 4.78 is 0. The molecule has 5 rings (SSSR count). The number of likely N-dealkylation sites (tertiary alicyclic amines) is 1. The molecule has 3 aromatic rings. The van der Waals surface area contributed by atoms with Crippen molar-refractivity contribution in [2.45, 2.75) is 30.3 Å². The van der Waals surface area contributed by atoms with Gasteiger partial charge in [0.05, 0.1) is 6.67 Å². The first-order valence-corrected chi connectivity index (χ1v) is 13.0. The van der Waals surface area contributed by atoms with Gasteiger partial charge in [0.15, 0.2) is 0 Å². The standard InChI is InChI=1S/C31H32N4O3/c1-32-31(25-11-5-2-6-12-25,26-13-7-3-8-14-26)19-22-33-20-17-30(18-21-33)29(38)34(23-28(36)37)24-35(30)27-15-9-4-10-16-27/h2-16H,17-24H2,(H,36,37). The number of para-hydroxylation sites is 1. The zero-order valence-electron chi connectivity index (χ0n) is 21.4. The highest BCUT2D eigenvalue weighted by atomic mass is 16.4. The van der Waals surface area contributed by atoms with Gasteiger partial charge in [0.25, 0.3) is 11.4 Å². The van der Waals surface area contributed by atoms with Crippen LogP contribution in [0.1, 0.15) is 30.4 Å². The molecule has 2 aliphatic heterocycles. The number of aliphatic carboxylic acids is 1. The molecule has 0 aromatic heterocycles. The van der Waals surface area contributed by atoms with Gasteiger partial charge in [0.1, 0.15) is 12.1 Å². The maximum atomic E-state index is 13.6. The number of carbonyl (C=O) groups is 2. The largest absolute Gasteiger partial charge is 0.480 e. The molecule has 0 saturated carbocycles. The van der Waals surface area contributed by atoms with Crippen molar-refractivity contribution in [1.82, 2.24) is 9.80 Å². The number of carboxylic acid groups (broad SMARTS) is 1. The molecule has 194 valence electrons. The van der Waals surface area contributed by atoms with E-state index >= 15 is 0 Å². The summed E-state index contributed by atoms with van der Waals surface area (Å²) in [5.74, 6) is -1.11. The third-order valence-corrected chi connectivity index (χ3v) is 8.07. The lowest BCUT2D eigenvalue weighted by atomic mass is 9.80. The van der Waals surface area contributed by atoms with Crippen molar-refractivity contribution in [2.75, 3.05) is 37.7 Å². The van der Waals surface area contributed by atoms with Gasteiger partial charge in [0, 0.05) is 42.9 Å². The van der Waals surface area contributed by atoms with Crippen LogP contribution in [0.2, 0.25) is 0 Å². The molecule has 7 nitrogen and oxygen atoms in total. The fourth-order valence-electron chi connectivity index (χ4n) is 6.02. The molecule has 0 radical (unpaired) electrons. The Hall–Kier alpha value is -4.15. The molecule has 0 atom stereocenters. The van der Waals surface area contributed by atoms with E-state index in [1.165, 1.54) is 4.90 Å². The Labute approximate surface area is 223 Å². The number of nitrogens with zero attached hydrogens (tertiary/aromatic N) is 4. The Kier molecular flexibility index (Phi) is 7.17. The third kappa shape index (κ3) is 4.64. The quantitative estimate of drug-likeness (QED) is 0.455. The molecule has 0 bridgehead atoms. The Balaban J connectivity index is 1.35. The first-order valence-electron chi connectivity index (χ1n) is 13.0. The molecule has 0 aliphatic carbocycles. The van der Waals surface area contributed by atoms with Gasteiger partial charge in [-0.15, -0.1) is 0 Å². The fraction of sp³-hybridized carbons (Fsp3) is 0.323. The van der Waals surface area contributed by atoms with Gasteiger partial charge >= 0.3 is 5.97 Å². The van der Waals surface area contributed by atoms with Crippen LogP contribution in [0.4, 0.5) is 5.69 Å². The van der Waals surface area contributed by atoms with Gasteiger partial charge in [-0.25, -0.2) is 6.57 Å². The monoisotopic (exact) mass is 508 g/mol. The molecule has 2 saturated heterocycles. The predicted octanol–water partition coefficient (Wildman–Crippen LogP) is 4.47. The van der Waals surface area contributed by atoms with E-state index in [-0.39, 0.29) is 19.1 Å². The minimum atomic E-state index is -1.00. The van der Waals surface area contributed by atoms with Gasteiger partial charge in [-0.3, -0.25) is 14.4 Å². The minimum absolute atomic E-state index is 0.104. The molecule has 7 heteroatoms. The van der Waals surface area contributed by atoms with E-state index in [1.54, 1.807) is 0 Å². The Morgan fingerprint density at radius 2 is 1.42 bits per heavy atom.